The number of nitrogens with zero attached hydrogens (tertiary/aromatic N) is 1. The Hall–Kier alpha value is -1.09. The Morgan fingerprint density at radius 1 is 0.947 bits per heavy atom. The topological polar surface area (TPSA) is 38.9 Å². The molecule has 0 amide bonds. The fourth-order valence-corrected chi connectivity index (χ4v) is 1.98. The normalized spacial score (nSPS) is 11.9. The minimum atomic E-state index is -0.178. The van der Waals surface area contributed by atoms with Crippen molar-refractivity contribution in [3.63, 3.8) is 0 Å². The number of nitrogens with two attached hydrogens (primary N) is 1. The fraction of sp³-hybridized carbons (Fsp3) is 0.267. The summed E-state index contributed by atoms with van der Waals surface area (Å²) in [6, 6.07) is 16.1. The number of halogens is 2. The predicted octanol–water partition coefficient (Wildman–Crippen LogP) is 3.90. The van der Waals surface area contributed by atoms with Crippen LogP contribution in [0.5, 0.6) is 0 Å². The zero-order valence-electron chi connectivity index (χ0n) is 11.1. The van der Waals surface area contributed by atoms with E-state index in [1.54, 1.807) is 0 Å². The van der Waals surface area contributed by atoms with E-state index < -0.39 is 0 Å². The summed E-state index contributed by atoms with van der Waals surface area (Å²) in [5.41, 5.74) is 8.35. The summed E-state index contributed by atoms with van der Waals surface area (Å²) >= 11 is 0. The minimum Gasteiger partial charge on any atom is -0.323 e. The molecule has 19 heavy (non-hydrogen) atoms. The zero-order chi connectivity index (χ0) is 12.3. The van der Waals surface area contributed by atoms with Crippen LogP contribution in [0.25, 0.3) is 0 Å². The maximum atomic E-state index is 6.36. The second-order valence-corrected chi connectivity index (χ2v) is 4.83. The Balaban J connectivity index is 0.00000162. The molecule has 0 aliphatic rings. The molecule has 0 saturated carbocycles. The van der Waals surface area contributed by atoms with E-state index in [9.17, 15) is 0 Å². The molecule has 1 atom stereocenters. The van der Waals surface area contributed by atoms with Crippen molar-refractivity contribution in [2.75, 3.05) is 0 Å². The monoisotopic (exact) mass is 298 g/mol. The third-order valence-electron chi connectivity index (χ3n) is 3.26. The van der Waals surface area contributed by atoms with E-state index in [0.717, 1.165) is 11.3 Å². The van der Waals surface area contributed by atoms with E-state index in [1.807, 2.05) is 42.6 Å². The van der Waals surface area contributed by atoms with Crippen LogP contribution in [0.1, 0.15) is 31.1 Å². The van der Waals surface area contributed by atoms with Crippen LogP contribution in [0.3, 0.4) is 0 Å². The summed E-state index contributed by atoms with van der Waals surface area (Å²) in [6.45, 7) is 4.26. The Kier molecular flexibility index (Phi) is 7.06. The lowest BCUT2D eigenvalue weighted by Crippen LogP contribution is -2.33. The molecule has 0 saturated heterocycles. The Morgan fingerprint density at radius 3 is 2.05 bits per heavy atom. The molecule has 2 aromatic rings. The highest BCUT2D eigenvalue weighted by molar-refractivity contribution is 5.85. The second kappa shape index (κ2) is 7.49. The Morgan fingerprint density at radius 2 is 1.53 bits per heavy atom. The van der Waals surface area contributed by atoms with Crippen LogP contribution in [0.2, 0.25) is 0 Å². The third kappa shape index (κ3) is 3.93. The van der Waals surface area contributed by atoms with Gasteiger partial charge in [-0.1, -0.05) is 50.2 Å². The number of benzene rings is 1. The van der Waals surface area contributed by atoms with Crippen LogP contribution in [-0.4, -0.2) is 4.98 Å². The van der Waals surface area contributed by atoms with Crippen LogP contribution < -0.4 is 5.73 Å². The lowest BCUT2D eigenvalue weighted by Gasteiger charge is -2.31. The average molecular weight is 299 g/mol. The van der Waals surface area contributed by atoms with E-state index in [0.29, 0.717) is 0 Å². The van der Waals surface area contributed by atoms with Crippen molar-refractivity contribution < 1.29 is 0 Å². The minimum absolute atomic E-state index is 0. The molecule has 0 bridgehead atoms. The first kappa shape index (κ1) is 17.9. The smallest absolute Gasteiger partial charge is 0.0478 e. The van der Waals surface area contributed by atoms with Gasteiger partial charge in [-0.05, 0) is 17.7 Å². The van der Waals surface area contributed by atoms with Crippen LogP contribution in [0.15, 0.2) is 54.7 Å². The number of rotatable bonds is 3. The molecule has 2 N–H and O–H groups in total. The molecule has 0 aliphatic carbocycles. The number of pyridine rings is 1. The molecule has 1 aromatic heterocycles. The summed E-state index contributed by atoms with van der Waals surface area (Å²) in [5, 5.41) is 0. The van der Waals surface area contributed by atoms with Crippen molar-refractivity contribution in [2.24, 2.45) is 5.73 Å². The largest absolute Gasteiger partial charge is 0.323 e. The van der Waals surface area contributed by atoms with Crippen LogP contribution >= 0.6 is 24.8 Å². The standard InChI is InChI=1S/C15H18N2.2ClH/c1-15(2,13-10-6-7-11-17-13)14(16)12-8-4-3-5-9-12;;/h3-11,14H,16H2,1-2H3;2*1H. The van der Waals surface area contributed by atoms with Crippen LogP contribution in [0, 0.1) is 0 Å². The number of aromatic nitrogens is 1. The molecule has 1 aromatic carbocycles. The van der Waals surface area contributed by atoms with Gasteiger partial charge in [0.2, 0.25) is 0 Å². The molecule has 0 radical (unpaired) electrons. The highest BCUT2D eigenvalue weighted by Gasteiger charge is 2.30. The summed E-state index contributed by atoms with van der Waals surface area (Å²) in [5.74, 6) is 0. The lowest BCUT2D eigenvalue weighted by atomic mass is 9.78. The van der Waals surface area contributed by atoms with Gasteiger partial charge in [0.25, 0.3) is 0 Å². The summed E-state index contributed by atoms with van der Waals surface area (Å²) in [6.07, 6.45) is 1.81. The molecular weight excluding hydrogens is 279 g/mol. The molecule has 4 heteroatoms. The van der Waals surface area contributed by atoms with Gasteiger partial charge in [0.1, 0.15) is 0 Å². The van der Waals surface area contributed by atoms with Crippen molar-refractivity contribution in [1.29, 1.82) is 0 Å². The van der Waals surface area contributed by atoms with Gasteiger partial charge in [0, 0.05) is 23.3 Å². The van der Waals surface area contributed by atoms with E-state index in [1.165, 1.54) is 0 Å². The van der Waals surface area contributed by atoms with E-state index in [4.69, 9.17) is 5.73 Å². The van der Waals surface area contributed by atoms with E-state index in [2.05, 4.69) is 31.0 Å². The van der Waals surface area contributed by atoms with Gasteiger partial charge in [-0.25, -0.2) is 0 Å². The van der Waals surface area contributed by atoms with Gasteiger partial charge in [0.05, 0.1) is 0 Å². The predicted molar refractivity (Wildman–Crippen MR) is 85.1 cm³/mol. The first-order valence-corrected chi connectivity index (χ1v) is 5.84. The molecule has 0 aliphatic heterocycles. The molecule has 2 rings (SSSR count). The molecule has 0 spiro atoms. The Bertz CT molecular complexity index is 472. The van der Waals surface area contributed by atoms with Gasteiger partial charge in [-0.2, -0.15) is 0 Å². The lowest BCUT2D eigenvalue weighted by molar-refractivity contribution is 0.409. The molecule has 0 fully saturated rings. The number of hydrogen-bond donors (Lipinski definition) is 1. The quantitative estimate of drug-likeness (QED) is 0.933. The molecule has 1 heterocycles. The van der Waals surface area contributed by atoms with Crippen molar-refractivity contribution in [1.82, 2.24) is 4.98 Å². The summed E-state index contributed by atoms with van der Waals surface area (Å²) in [4.78, 5) is 4.42. The zero-order valence-corrected chi connectivity index (χ0v) is 12.7. The van der Waals surface area contributed by atoms with Crippen LogP contribution in [0.4, 0.5) is 0 Å². The SMILES string of the molecule is CC(C)(c1ccccn1)C(N)c1ccccc1.Cl.Cl. The van der Waals surface area contributed by atoms with Gasteiger partial charge in [-0.15, -0.1) is 24.8 Å². The molecule has 1 unspecified atom stereocenters. The second-order valence-electron chi connectivity index (χ2n) is 4.83. The van der Waals surface area contributed by atoms with Gasteiger partial charge < -0.3 is 5.73 Å². The summed E-state index contributed by atoms with van der Waals surface area (Å²) < 4.78 is 0. The maximum absolute atomic E-state index is 6.36. The maximum Gasteiger partial charge on any atom is 0.0478 e. The highest BCUT2D eigenvalue weighted by Crippen LogP contribution is 2.33. The van der Waals surface area contributed by atoms with Crippen molar-refractivity contribution in [2.45, 2.75) is 25.3 Å². The average Bonchev–Trinajstić information content (AvgIpc) is 2.40. The van der Waals surface area contributed by atoms with E-state index in [-0.39, 0.29) is 36.3 Å². The van der Waals surface area contributed by atoms with Crippen molar-refractivity contribution in [3.8, 4) is 0 Å². The Labute approximate surface area is 127 Å². The molecule has 2 nitrogen and oxygen atoms in total. The highest BCUT2D eigenvalue weighted by atomic mass is 35.5. The molecular formula is C15H20Cl2N2. The van der Waals surface area contributed by atoms with Crippen molar-refractivity contribution in [3.05, 3.63) is 66.0 Å². The van der Waals surface area contributed by atoms with Gasteiger partial charge in [-0.3, -0.25) is 4.98 Å². The first-order valence-electron chi connectivity index (χ1n) is 5.84. The van der Waals surface area contributed by atoms with E-state index >= 15 is 0 Å². The third-order valence-corrected chi connectivity index (χ3v) is 3.26. The van der Waals surface area contributed by atoms with Crippen LogP contribution in [-0.2, 0) is 5.41 Å². The number of hydrogen-bond acceptors (Lipinski definition) is 2. The first-order chi connectivity index (χ1) is 8.12. The fourth-order valence-electron chi connectivity index (χ4n) is 1.98. The van der Waals surface area contributed by atoms with Gasteiger partial charge in [0.15, 0.2) is 0 Å². The van der Waals surface area contributed by atoms with Gasteiger partial charge >= 0.3 is 0 Å². The summed E-state index contributed by atoms with van der Waals surface area (Å²) in [7, 11) is 0. The molecule has 104 valence electrons. The van der Waals surface area contributed by atoms with Crippen molar-refractivity contribution >= 4 is 24.8 Å².